The average Bonchev–Trinajstić information content (AvgIpc) is 2.61. The molecule has 2 aromatic carbocycles. The number of nitrogens with one attached hydrogen (secondary N) is 1. The van der Waals surface area contributed by atoms with Crippen molar-refractivity contribution in [3.8, 4) is 6.07 Å². The fourth-order valence-electron chi connectivity index (χ4n) is 1.99. The van der Waals surface area contributed by atoms with E-state index in [9.17, 15) is 22.8 Å². The number of hydrogen-bond acceptors (Lipinski definition) is 4. The first kappa shape index (κ1) is 19.0. The van der Waals surface area contributed by atoms with Gasteiger partial charge in [-0.3, -0.25) is 4.79 Å². The number of carbonyl (C=O) groups excluding carboxylic acids is 2. The van der Waals surface area contributed by atoms with Gasteiger partial charge in [-0.1, -0.05) is 6.07 Å². The molecule has 0 heterocycles. The van der Waals surface area contributed by atoms with E-state index >= 15 is 0 Å². The van der Waals surface area contributed by atoms with Gasteiger partial charge in [0.2, 0.25) is 0 Å². The monoisotopic (exact) mass is 362 g/mol. The summed E-state index contributed by atoms with van der Waals surface area (Å²) in [7, 11) is 0. The Hall–Kier alpha value is -3.34. The van der Waals surface area contributed by atoms with Crippen LogP contribution in [0.4, 0.5) is 18.9 Å². The predicted molar refractivity (Wildman–Crippen MR) is 86.1 cm³/mol. The number of alkyl halides is 3. The Kier molecular flexibility index (Phi) is 5.62. The second-order valence-electron chi connectivity index (χ2n) is 5.30. The van der Waals surface area contributed by atoms with Crippen LogP contribution in [0.25, 0.3) is 0 Å². The Morgan fingerprint density at radius 3 is 2.38 bits per heavy atom. The number of esters is 1. The lowest BCUT2D eigenvalue weighted by molar-refractivity contribution is -0.137. The van der Waals surface area contributed by atoms with Crippen LogP contribution in [-0.4, -0.2) is 18.0 Å². The summed E-state index contributed by atoms with van der Waals surface area (Å²) in [5.41, 5.74) is -0.301. The molecular weight excluding hydrogens is 349 g/mol. The molecule has 2 rings (SSSR count). The average molecular weight is 362 g/mol. The molecule has 26 heavy (non-hydrogen) atoms. The minimum absolute atomic E-state index is 0.107. The molecule has 1 N–H and O–H groups in total. The highest BCUT2D eigenvalue weighted by molar-refractivity contribution is 5.97. The van der Waals surface area contributed by atoms with Crippen molar-refractivity contribution in [1.82, 2.24) is 0 Å². The first-order valence-corrected chi connectivity index (χ1v) is 7.40. The van der Waals surface area contributed by atoms with Gasteiger partial charge in [0.25, 0.3) is 5.91 Å². The SMILES string of the molecule is C[C@H](OC(=O)c1ccc(C(F)(F)F)cc1)C(=O)Nc1cccc(C#N)c1. The Balaban J connectivity index is 1.99. The maximum absolute atomic E-state index is 12.5. The van der Waals surface area contributed by atoms with Crippen molar-refractivity contribution >= 4 is 17.6 Å². The van der Waals surface area contributed by atoms with Gasteiger partial charge in [-0.05, 0) is 49.4 Å². The third-order valence-electron chi connectivity index (χ3n) is 3.36. The molecule has 0 fully saturated rings. The van der Waals surface area contributed by atoms with Crippen molar-refractivity contribution in [2.75, 3.05) is 5.32 Å². The molecule has 134 valence electrons. The number of nitrogens with zero attached hydrogens (tertiary/aromatic N) is 1. The number of hydrogen-bond donors (Lipinski definition) is 1. The van der Waals surface area contributed by atoms with E-state index in [1.165, 1.54) is 13.0 Å². The van der Waals surface area contributed by atoms with E-state index in [0.717, 1.165) is 24.3 Å². The van der Waals surface area contributed by atoms with Crippen LogP contribution in [-0.2, 0) is 15.7 Å². The number of halogens is 3. The number of amides is 1. The molecule has 8 heteroatoms. The molecule has 0 bridgehead atoms. The maximum Gasteiger partial charge on any atom is 0.416 e. The van der Waals surface area contributed by atoms with Crippen LogP contribution in [0.3, 0.4) is 0 Å². The van der Waals surface area contributed by atoms with Crippen LogP contribution in [0.2, 0.25) is 0 Å². The van der Waals surface area contributed by atoms with Gasteiger partial charge in [-0.25, -0.2) is 4.79 Å². The highest BCUT2D eigenvalue weighted by Gasteiger charge is 2.30. The molecule has 0 saturated heterocycles. The van der Waals surface area contributed by atoms with Gasteiger partial charge < -0.3 is 10.1 Å². The van der Waals surface area contributed by atoms with Crippen LogP contribution in [0.5, 0.6) is 0 Å². The van der Waals surface area contributed by atoms with Crippen LogP contribution in [0.15, 0.2) is 48.5 Å². The third-order valence-corrected chi connectivity index (χ3v) is 3.36. The van der Waals surface area contributed by atoms with E-state index in [0.29, 0.717) is 11.3 Å². The van der Waals surface area contributed by atoms with Crippen molar-refractivity contribution in [2.24, 2.45) is 0 Å². The largest absolute Gasteiger partial charge is 0.449 e. The van der Waals surface area contributed by atoms with E-state index in [1.807, 2.05) is 6.07 Å². The Morgan fingerprint density at radius 2 is 1.81 bits per heavy atom. The number of nitriles is 1. The molecule has 0 aromatic heterocycles. The molecule has 1 amide bonds. The summed E-state index contributed by atoms with van der Waals surface area (Å²) in [5, 5.41) is 11.3. The zero-order valence-corrected chi connectivity index (χ0v) is 13.5. The number of rotatable bonds is 4. The first-order chi connectivity index (χ1) is 12.2. The van der Waals surface area contributed by atoms with Crippen molar-refractivity contribution in [1.29, 1.82) is 5.26 Å². The predicted octanol–water partition coefficient (Wildman–Crippen LogP) is 3.76. The molecule has 0 aliphatic carbocycles. The van der Waals surface area contributed by atoms with Gasteiger partial charge in [0.15, 0.2) is 6.10 Å². The molecular formula is C18H13F3N2O3. The molecule has 0 spiro atoms. The summed E-state index contributed by atoms with van der Waals surface area (Å²) in [6, 6.07) is 11.5. The standard InChI is InChI=1S/C18H13F3N2O3/c1-11(16(24)23-15-4-2-3-12(9-15)10-22)26-17(25)13-5-7-14(8-6-13)18(19,20)21/h2-9,11H,1H3,(H,23,24)/t11-/m0/s1. The van der Waals surface area contributed by atoms with E-state index in [2.05, 4.69) is 5.32 Å². The van der Waals surface area contributed by atoms with Crippen LogP contribution in [0.1, 0.15) is 28.4 Å². The number of ether oxygens (including phenoxy) is 1. The molecule has 0 aliphatic heterocycles. The number of benzene rings is 2. The van der Waals surface area contributed by atoms with E-state index in [4.69, 9.17) is 10.00 Å². The van der Waals surface area contributed by atoms with E-state index < -0.39 is 29.7 Å². The van der Waals surface area contributed by atoms with Gasteiger partial charge in [0.1, 0.15) is 0 Å². The number of carbonyl (C=O) groups is 2. The van der Waals surface area contributed by atoms with Crippen molar-refractivity contribution < 1.29 is 27.5 Å². The van der Waals surface area contributed by atoms with Gasteiger partial charge >= 0.3 is 12.1 Å². The molecule has 2 aromatic rings. The molecule has 0 saturated carbocycles. The zero-order chi connectivity index (χ0) is 19.3. The van der Waals surface area contributed by atoms with E-state index in [1.54, 1.807) is 18.2 Å². The Morgan fingerprint density at radius 1 is 1.15 bits per heavy atom. The summed E-state index contributed by atoms with van der Waals surface area (Å²) in [6.45, 7) is 1.32. The summed E-state index contributed by atoms with van der Waals surface area (Å²) < 4.78 is 42.5. The van der Waals surface area contributed by atoms with Crippen molar-refractivity contribution in [2.45, 2.75) is 19.2 Å². The number of anilines is 1. The maximum atomic E-state index is 12.5. The molecule has 1 atom stereocenters. The third kappa shape index (κ3) is 4.83. The Labute approximate surface area is 147 Å². The molecule has 0 radical (unpaired) electrons. The zero-order valence-electron chi connectivity index (χ0n) is 13.5. The summed E-state index contributed by atoms with van der Waals surface area (Å²) in [4.78, 5) is 24.0. The summed E-state index contributed by atoms with van der Waals surface area (Å²) in [5.74, 6) is -1.56. The topological polar surface area (TPSA) is 79.2 Å². The minimum Gasteiger partial charge on any atom is -0.449 e. The molecule has 0 aliphatic rings. The van der Waals surface area contributed by atoms with Crippen LogP contribution in [0, 0.1) is 11.3 Å². The van der Waals surface area contributed by atoms with Gasteiger partial charge in [-0.2, -0.15) is 18.4 Å². The summed E-state index contributed by atoms with van der Waals surface area (Å²) >= 11 is 0. The van der Waals surface area contributed by atoms with Gasteiger partial charge in [0, 0.05) is 5.69 Å². The van der Waals surface area contributed by atoms with Crippen molar-refractivity contribution in [3.63, 3.8) is 0 Å². The second kappa shape index (κ2) is 7.70. The lowest BCUT2D eigenvalue weighted by atomic mass is 10.1. The fourth-order valence-corrected chi connectivity index (χ4v) is 1.99. The summed E-state index contributed by atoms with van der Waals surface area (Å²) in [6.07, 6.45) is -5.69. The van der Waals surface area contributed by atoms with Crippen LogP contribution >= 0.6 is 0 Å². The highest BCUT2D eigenvalue weighted by Crippen LogP contribution is 2.29. The lowest BCUT2D eigenvalue weighted by Crippen LogP contribution is -2.30. The van der Waals surface area contributed by atoms with Gasteiger partial charge in [0.05, 0.1) is 22.8 Å². The van der Waals surface area contributed by atoms with E-state index in [-0.39, 0.29) is 5.56 Å². The Bertz CT molecular complexity index is 855. The quantitative estimate of drug-likeness (QED) is 0.840. The van der Waals surface area contributed by atoms with Gasteiger partial charge in [-0.15, -0.1) is 0 Å². The van der Waals surface area contributed by atoms with Crippen molar-refractivity contribution in [3.05, 3.63) is 65.2 Å². The first-order valence-electron chi connectivity index (χ1n) is 7.40. The normalized spacial score (nSPS) is 12.0. The lowest BCUT2D eigenvalue weighted by Gasteiger charge is -2.14. The highest BCUT2D eigenvalue weighted by atomic mass is 19.4. The minimum atomic E-state index is -4.51. The smallest absolute Gasteiger partial charge is 0.416 e. The second-order valence-corrected chi connectivity index (χ2v) is 5.30. The fraction of sp³-hybridized carbons (Fsp3) is 0.167. The molecule has 5 nitrogen and oxygen atoms in total. The molecule has 0 unspecified atom stereocenters. The van der Waals surface area contributed by atoms with Crippen LogP contribution < -0.4 is 5.32 Å².